The van der Waals surface area contributed by atoms with Gasteiger partial charge in [-0.25, -0.2) is 4.79 Å². The molecule has 0 atom stereocenters. The first kappa shape index (κ1) is 14.2. The Bertz CT molecular complexity index is 750. The zero-order valence-electron chi connectivity index (χ0n) is 11.8. The monoisotopic (exact) mass is 314 g/mol. The quantitative estimate of drug-likeness (QED) is 0.690. The maximum atomic E-state index is 11.8. The molecule has 0 aliphatic rings. The van der Waals surface area contributed by atoms with E-state index in [1.165, 1.54) is 16.9 Å². The second kappa shape index (κ2) is 6.35. The Kier molecular flexibility index (Phi) is 4.10. The Morgan fingerprint density at radius 3 is 2.73 bits per heavy atom. The molecule has 0 saturated carbocycles. The van der Waals surface area contributed by atoms with Crippen LogP contribution in [0.2, 0.25) is 0 Å². The molecule has 0 saturated heterocycles. The van der Waals surface area contributed by atoms with Gasteiger partial charge < -0.3 is 0 Å². The lowest BCUT2D eigenvalue weighted by Crippen LogP contribution is -2.19. The van der Waals surface area contributed by atoms with Crippen LogP contribution in [-0.2, 0) is 6.42 Å². The van der Waals surface area contributed by atoms with Crippen molar-refractivity contribution in [2.24, 2.45) is 0 Å². The van der Waals surface area contributed by atoms with Crippen LogP contribution in [0.5, 0.6) is 0 Å². The molecule has 0 aliphatic heterocycles. The number of aromatic amines is 1. The molecule has 0 spiro atoms. The summed E-state index contributed by atoms with van der Waals surface area (Å²) < 4.78 is 0. The van der Waals surface area contributed by atoms with Gasteiger partial charge >= 0.3 is 6.03 Å². The molecular weight excluding hydrogens is 300 g/mol. The molecular formula is C14H14N6OS. The molecule has 3 rings (SSSR count). The number of anilines is 2. The van der Waals surface area contributed by atoms with E-state index in [1.807, 2.05) is 0 Å². The van der Waals surface area contributed by atoms with Crippen LogP contribution < -0.4 is 10.6 Å². The van der Waals surface area contributed by atoms with Gasteiger partial charge in [-0.2, -0.15) is 5.10 Å². The minimum absolute atomic E-state index is 0.387. The Morgan fingerprint density at radius 1 is 1.18 bits per heavy atom. The van der Waals surface area contributed by atoms with E-state index in [4.69, 9.17) is 0 Å². The third-order valence-electron chi connectivity index (χ3n) is 2.91. The van der Waals surface area contributed by atoms with Gasteiger partial charge in [-0.05, 0) is 12.5 Å². The number of urea groups is 1. The van der Waals surface area contributed by atoms with Crippen molar-refractivity contribution in [1.82, 2.24) is 20.4 Å². The zero-order valence-corrected chi connectivity index (χ0v) is 12.6. The van der Waals surface area contributed by atoms with Crippen LogP contribution in [0, 0.1) is 6.92 Å². The summed E-state index contributed by atoms with van der Waals surface area (Å²) in [6, 6.07) is 9.52. The standard InChI is InChI=1S/C14H14N6OS/c1-9-2-4-10(5-3-9)8-12-19-20-14(22-12)17-13(21)16-11-6-7-15-18-11/h2-7H,8H2,1H3,(H3,15,16,17,18,20,21). The number of aryl methyl sites for hydroxylation is 1. The van der Waals surface area contributed by atoms with Crippen LogP contribution in [0.4, 0.5) is 15.7 Å². The van der Waals surface area contributed by atoms with Gasteiger partial charge in [-0.1, -0.05) is 41.2 Å². The Balaban J connectivity index is 1.58. The van der Waals surface area contributed by atoms with Gasteiger partial charge in [-0.15, -0.1) is 10.2 Å². The van der Waals surface area contributed by atoms with E-state index in [0.29, 0.717) is 17.4 Å². The highest BCUT2D eigenvalue weighted by atomic mass is 32.1. The molecule has 22 heavy (non-hydrogen) atoms. The van der Waals surface area contributed by atoms with E-state index >= 15 is 0 Å². The van der Waals surface area contributed by atoms with Crippen LogP contribution in [-0.4, -0.2) is 26.4 Å². The fraction of sp³-hybridized carbons (Fsp3) is 0.143. The second-order valence-electron chi connectivity index (χ2n) is 4.71. The lowest BCUT2D eigenvalue weighted by molar-refractivity contribution is 0.262. The lowest BCUT2D eigenvalue weighted by atomic mass is 10.1. The normalized spacial score (nSPS) is 10.4. The first-order valence-corrected chi connectivity index (χ1v) is 7.46. The SMILES string of the molecule is Cc1ccc(Cc2nnc(NC(=O)Nc3ccn[nH]3)s2)cc1. The number of carbonyl (C=O) groups is 1. The highest BCUT2D eigenvalue weighted by Gasteiger charge is 2.09. The molecule has 1 aromatic carbocycles. The van der Waals surface area contributed by atoms with Crippen molar-refractivity contribution in [3.05, 3.63) is 52.7 Å². The van der Waals surface area contributed by atoms with Crippen molar-refractivity contribution in [2.75, 3.05) is 10.6 Å². The summed E-state index contributed by atoms with van der Waals surface area (Å²) in [5, 5.41) is 21.0. The van der Waals surface area contributed by atoms with E-state index < -0.39 is 0 Å². The fourth-order valence-electron chi connectivity index (χ4n) is 1.83. The van der Waals surface area contributed by atoms with Crippen molar-refractivity contribution in [2.45, 2.75) is 13.3 Å². The van der Waals surface area contributed by atoms with E-state index in [9.17, 15) is 4.79 Å². The van der Waals surface area contributed by atoms with Crippen LogP contribution in [0.15, 0.2) is 36.5 Å². The van der Waals surface area contributed by atoms with Crippen molar-refractivity contribution in [3.63, 3.8) is 0 Å². The molecule has 112 valence electrons. The number of aromatic nitrogens is 4. The summed E-state index contributed by atoms with van der Waals surface area (Å²) in [7, 11) is 0. The molecule has 0 fully saturated rings. The van der Waals surface area contributed by atoms with Gasteiger partial charge in [-0.3, -0.25) is 15.7 Å². The summed E-state index contributed by atoms with van der Waals surface area (Å²) in [5.74, 6) is 0.516. The van der Waals surface area contributed by atoms with Gasteiger partial charge in [0, 0.05) is 12.5 Å². The third-order valence-corrected chi connectivity index (χ3v) is 3.75. The van der Waals surface area contributed by atoms with Crippen LogP contribution in [0.25, 0.3) is 0 Å². The smallest absolute Gasteiger partial charge is 0.292 e. The first-order valence-electron chi connectivity index (χ1n) is 6.64. The molecule has 0 radical (unpaired) electrons. The fourth-order valence-corrected chi connectivity index (χ4v) is 2.60. The number of benzene rings is 1. The van der Waals surface area contributed by atoms with Gasteiger partial charge in [0.05, 0.1) is 6.20 Å². The summed E-state index contributed by atoms with van der Waals surface area (Å²) in [6.07, 6.45) is 2.25. The number of nitrogens with one attached hydrogen (secondary N) is 3. The molecule has 0 unspecified atom stereocenters. The Morgan fingerprint density at radius 2 is 2.00 bits per heavy atom. The largest absolute Gasteiger partial charge is 0.326 e. The second-order valence-corrected chi connectivity index (χ2v) is 5.77. The first-order chi connectivity index (χ1) is 10.7. The number of amides is 2. The summed E-state index contributed by atoms with van der Waals surface area (Å²) in [5.41, 5.74) is 2.38. The zero-order chi connectivity index (χ0) is 15.4. The number of hydrogen-bond acceptors (Lipinski definition) is 5. The van der Waals surface area contributed by atoms with Gasteiger partial charge in [0.2, 0.25) is 5.13 Å². The van der Waals surface area contributed by atoms with E-state index in [1.54, 1.807) is 12.3 Å². The maximum absolute atomic E-state index is 11.8. The van der Waals surface area contributed by atoms with Crippen LogP contribution in [0.1, 0.15) is 16.1 Å². The van der Waals surface area contributed by atoms with Crippen molar-refractivity contribution >= 4 is 28.3 Å². The summed E-state index contributed by atoms with van der Waals surface area (Å²) in [6.45, 7) is 2.05. The number of nitrogens with zero attached hydrogens (tertiary/aromatic N) is 3. The van der Waals surface area contributed by atoms with Crippen molar-refractivity contribution in [3.8, 4) is 0 Å². The predicted molar refractivity (Wildman–Crippen MR) is 85.1 cm³/mol. The Hall–Kier alpha value is -2.74. The van der Waals surface area contributed by atoms with E-state index in [-0.39, 0.29) is 6.03 Å². The third kappa shape index (κ3) is 3.67. The van der Waals surface area contributed by atoms with Crippen molar-refractivity contribution < 1.29 is 4.79 Å². The van der Waals surface area contributed by atoms with Gasteiger partial charge in [0.15, 0.2) is 0 Å². The van der Waals surface area contributed by atoms with Gasteiger partial charge in [0.1, 0.15) is 10.8 Å². The molecule has 0 bridgehead atoms. The molecule has 7 nitrogen and oxygen atoms in total. The lowest BCUT2D eigenvalue weighted by Gasteiger charge is -2.01. The molecule has 2 heterocycles. The van der Waals surface area contributed by atoms with Crippen molar-refractivity contribution in [1.29, 1.82) is 0 Å². The average molecular weight is 314 g/mol. The van der Waals surface area contributed by atoms with E-state index in [0.717, 1.165) is 10.6 Å². The van der Waals surface area contributed by atoms with E-state index in [2.05, 4.69) is 62.2 Å². The van der Waals surface area contributed by atoms with Crippen LogP contribution >= 0.6 is 11.3 Å². The average Bonchev–Trinajstić information content (AvgIpc) is 3.14. The van der Waals surface area contributed by atoms with Crippen LogP contribution in [0.3, 0.4) is 0 Å². The summed E-state index contributed by atoms with van der Waals surface area (Å²) in [4.78, 5) is 11.8. The number of hydrogen-bond donors (Lipinski definition) is 3. The number of H-pyrrole nitrogens is 1. The van der Waals surface area contributed by atoms with Gasteiger partial charge in [0.25, 0.3) is 0 Å². The minimum atomic E-state index is -0.387. The maximum Gasteiger partial charge on any atom is 0.326 e. The predicted octanol–water partition coefficient (Wildman–Crippen LogP) is 2.80. The Labute approximate surface area is 130 Å². The molecule has 8 heteroatoms. The minimum Gasteiger partial charge on any atom is -0.292 e. The molecule has 2 aromatic heterocycles. The number of carbonyl (C=O) groups excluding carboxylic acids is 1. The number of rotatable bonds is 4. The molecule has 3 aromatic rings. The molecule has 2 amide bonds. The topological polar surface area (TPSA) is 95.6 Å². The highest BCUT2D eigenvalue weighted by molar-refractivity contribution is 7.15. The molecule has 3 N–H and O–H groups in total. The highest BCUT2D eigenvalue weighted by Crippen LogP contribution is 2.19. The summed E-state index contributed by atoms with van der Waals surface area (Å²) >= 11 is 1.35. The molecule has 0 aliphatic carbocycles.